The van der Waals surface area contributed by atoms with Crippen LogP contribution in [0.4, 0.5) is 0 Å². The molecule has 2 aliphatic rings. The molecule has 1 amide bonds. The van der Waals surface area contributed by atoms with Gasteiger partial charge < -0.3 is 14.4 Å². The van der Waals surface area contributed by atoms with Gasteiger partial charge in [0.05, 0.1) is 24.6 Å². The van der Waals surface area contributed by atoms with E-state index in [2.05, 4.69) is 39.3 Å². The van der Waals surface area contributed by atoms with E-state index in [1.165, 1.54) is 24.1 Å². The van der Waals surface area contributed by atoms with Crippen molar-refractivity contribution < 1.29 is 4.79 Å². The molecule has 25 heavy (non-hydrogen) atoms. The largest absolute Gasteiger partial charge is 0.334 e. The van der Waals surface area contributed by atoms with Gasteiger partial charge in [0.1, 0.15) is 0 Å². The van der Waals surface area contributed by atoms with Crippen molar-refractivity contribution in [2.75, 3.05) is 26.2 Å². The number of allylic oxidation sites excluding steroid dienone is 1. The summed E-state index contributed by atoms with van der Waals surface area (Å²) < 4.78 is 2.28. The van der Waals surface area contributed by atoms with E-state index in [0.29, 0.717) is 19.0 Å². The Kier molecular flexibility index (Phi) is 6.29. The summed E-state index contributed by atoms with van der Waals surface area (Å²) in [6.45, 7) is 9.17. The fourth-order valence-electron chi connectivity index (χ4n) is 4.05. The molecule has 0 N–H and O–H groups in total. The predicted octanol–water partition coefficient (Wildman–Crippen LogP) is 3.39. The average molecular weight is 345 g/mol. The minimum atomic E-state index is 0.286. The summed E-state index contributed by atoms with van der Waals surface area (Å²) in [4.78, 5) is 21.7. The van der Waals surface area contributed by atoms with Gasteiger partial charge in [-0.05, 0) is 45.2 Å². The van der Waals surface area contributed by atoms with E-state index in [0.717, 1.165) is 45.4 Å². The van der Waals surface area contributed by atoms with Crippen LogP contribution in [0.1, 0.15) is 64.1 Å². The molecular weight excluding hydrogens is 312 g/mol. The topological polar surface area (TPSA) is 41.4 Å². The van der Waals surface area contributed by atoms with E-state index in [1.807, 2.05) is 12.5 Å². The number of hydrogen-bond donors (Lipinski definition) is 0. The zero-order valence-corrected chi connectivity index (χ0v) is 15.8. The molecule has 0 fully saturated rings. The van der Waals surface area contributed by atoms with Gasteiger partial charge in [0.25, 0.3) is 0 Å². The van der Waals surface area contributed by atoms with E-state index in [9.17, 15) is 4.79 Å². The summed E-state index contributed by atoms with van der Waals surface area (Å²) in [7, 11) is 0. The van der Waals surface area contributed by atoms with Gasteiger partial charge in [-0.2, -0.15) is 0 Å². The molecule has 3 rings (SSSR count). The van der Waals surface area contributed by atoms with Crippen molar-refractivity contribution in [2.24, 2.45) is 0 Å². The number of aromatic nitrogens is 2. The molecule has 1 aromatic heterocycles. The highest BCUT2D eigenvalue weighted by atomic mass is 16.2. The van der Waals surface area contributed by atoms with E-state index in [-0.39, 0.29) is 5.91 Å². The van der Waals surface area contributed by atoms with Gasteiger partial charge >= 0.3 is 0 Å². The standard InChI is InChI=1S/C20H32N4O/c1-3-22(4-2)11-10-18-14-23(15-19-13-21-16-24(18)19)20(25)12-17-8-6-5-7-9-17/h8,13,16,18H,3-7,9-12,14-15H2,1-2H3. The molecule has 0 bridgehead atoms. The molecule has 138 valence electrons. The first kappa shape index (κ1) is 18.2. The van der Waals surface area contributed by atoms with Crippen LogP contribution in [-0.4, -0.2) is 51.4 Å². The lowest BCUT2D eigenvalue weighted by Gasteiger charge is -2.35. The number of nitrogens with zero attached hydrogens (tertiary/aromatic N) is 4. The molecule has 0 aromatic carbocycles. The van der Waals surface area contributed by atoms with E-state index in [4.69, 9.17) is 0 Å². The van der Waals surface area contributed by atoms with Gasteiger partial charge in [-0.15, -0.1) is 0 Å². The molecule has 5 nitrogen and oxygen atoms in total. The molecule has 0 saturated carbocycles. The van der Waals surface area contributed by atoms with Crippen LogP contribution in [0.15, 0.2) is 24.2 Å². The third kappa shape index (κ3) is 4.51. The lowest BCUT2D eigenvalue weighted by atomic mass is 9.96. The molecular formula is C20H32N4O. The molecule has 1 aliphatic carbocycles. The Morgan fingerprint density at radius 1 is 1.32 bits per heavy atom. The Balaban J connectivity index is 1.64. The number of imidazole rings is 1. The second-order valence-electron chi connectivity index (χ2n) is 7.32. The highest BCUT2D eigenvalue weighted by Crippen LogP contribution is 2.26. The summed E-state index contributed by atoms with van der Waals surface area (Å²) in [5.74, 6) is 0.286. The fraction of sp³-hybridized carbons (Fsp3) is 0.700. The minimum absolute atomic E-state index is 0.286. The maximum atomic E-state index is 12.8. The molecule has 5 heteroatoms. The van der Waals surface area contributed by atoms with Crippen molar-refractivity contribution in [1.29, 1.82) is 0 Å². The molecule has 1 aromatic rings. The Hall–Kier alpha value is -1.62. The van der Waals surface area contributed by atoms with Gasteiger partial charge in [0.2, 0.25) is 5.91 Å². The first-order valence-corrected chi connectivity index (χ1v) is 9.90. The van der Waals surface area contributed by atoms with Crippen molar-refractivity contribution in [2.45, 2.75) is 65.0 Å². The molecule has 2 heterocycles. The third-order valence-electron chi connectivity index (χ3n) is 5.71. The highest BCUT2D eigenvalue weighted by Gasteiger charge is 2.28. The van der Waals surface area contributed by atoms with Crippen LogP contribution < -0.4 is 0 Å². The number of carbonyl (C=O) groups is 1. The molecule has 0 radical (unpaired) electrons. The zero-order chi connectivity index (χ0) is 17.6. The fourth-order valence-corrected chi connectivity index (χ4v) is 4.05. The molecule has 0 spiro atoms. The Labute approximate surface area is 151 Å². The van der Waals surface area contributed by atoms with Crippen LogP contribution in [0.3, 0.4) is 0 Å². The molecule has 1 atom stereocenters. The van der Waals surface area contributed by atoms with Gasteiger partial charge in [-0.3, -0.25) is 4.79 Å². The summed E-state index contributed by atoms with van der Waals surface area (Å²) in [5.41, 5.74) is 2.51. The Morgan fingerprint density at radius 3 is 2.88 bits per heavy atom. The molecule has 0 saturated heterocycles. The van der Waals surface area contributed by atoms with Crippen molar-refractivity contribution in [1.82, 2.24) is 19.4 Å². The Morgan fingerprint density at radius 2 is 2.16 bits per heavy atom. The van der Waals surface area contributed by atoms with Gasteiger partial charge in [-0.25, -0.2) is 4.98 Å². The number of carbonyl (C=O) groups excluding carboxylic acids is 1. The first-order valence-electron chi connectivity index (χ1n) is 9.90. The van der Waals surface area contributed by atoms with Crippen LogP contribution >= 0.6 is 0 Å². The van der Waals surface area contributed by atoms with Crippen LogP contribution in [0.2, 0.25) is 0 Å². The Bertz CT molecular complexity index is 603. The van der Waals surface area contributed by atoms with Crippen LogP contribution in [-0.2, 0) is 11.3 Å². The third-order valence-corrected chi connectivity index (χ3v) is 5.71. The monoisotopic (exact) mass is 344 g/mol. The maximum absolute atomic E-state index is 12.8. The predicted molar refractivity (Wildman–Crippen MR) is 100 cm³/mol. The van der Waals surface area contributed by atoms with Crippen LogP contribution in [0.25, 0.3) is 0 Å². The number of fused-ring (bicyclic) bond motifs is 1. The van der Waals surface area contributed by atoms with Crippen molar-refractivity contribution in [3.05, 3.63) is 29.9 Å². The van der Waals surface area contributed by atoms with Gasteiger partial charge in [0, 0.05) is 25.7 Å². The van der Waals surface area contributed by atoms with Crippen LogP contribution in [0, 0.1) is 0 Å². The van der Waals surface area contributed by atoms with Gasteiger partial charge in [-0.1, -0.05) is 25.5 Å². The van der Waals surface area contributed by atoms with Crippen molar-refractivity contribution in [3.8, 4) is 0 Å². The lowest BCUT2D eigenvalue weighted by molar-refractivity contribution is -0.132. The number of hydrogen-bond acceptors (Lipinski definition) is 3. The quantitative estimate of drug-likeness (QED) is 0.712. The summed E-state index contributed by atoms with van der Waals surface area (Å²) in [6, 6.07) is 0.344. The highest BCUT2D eigenvalue weighted by molar-refractivity contribution is 5.78. The maximum Gasteiger partial charge on any atom is 0.227 e. The van der Waals surface area contributed by atoms with Crippen molar-refractivity contribution in [3.63, 3.8) is 0 Å². The van der Waals surface area contributed by atoms with E-state index in [1.54, 1.807) is 0 Å². The summed E-state index contributed by atoms with van der Waals surface area (Å²) >= 11 is 0. The van der Waals surface area contributed by atoms with Gasteiger partial charge in [0.15, 0.2) is 0 Å². The van der Waals surface area contributed by atoms with E-state index >= 15 is 0 Å². The minimum Gasteiger partial charge on any atom is -0.334 e. The number of amides is 1. The SMILES string of the molecule is CCN(CC)CCC1CN(C(=O)CC2=CCCCC2)Cc2cncn21. The summed E-state index contributed by atoms with van der Waals surface area (Å²) in [5, 5.41) is 0. The zero-order valence-electron chi connectivity index (χ0n) is 15.8. The summed E-state index contributed by atoms with van der Waals surface area (Å²) in [6.07, 6.45) is 12.6. The second kappa shape index (κ2) is 8.65. The normalized spacial score (nSPS) is 20.5. The number of rotatable bonds is 7. The van der Waals surface area contributed by atoms with Crippen LogP contribution in [0.5, 0.6) is 0 Å². The second-order valence-corrected chi connectivity index (χ2v) is 7.32. The molecule has 1 aliphatic heterocycles. The molecule has 1 unspecified atom stereocenters. The van der Waals surface area contributed by atoms with Crippen molar-refractivity contribution >= 4 is 5.91 Å². The first-order chi connectivity index (χ1) is 12.2. The van der Waals surface area contributed by atoms with E-state index < -0.39 is 0 Å². The average Bonchev–Trinajstić information content (AvgIpc) is 3.12. The smallest absolute Gasteiger partial charge is 0.227 e. The lowest BCUT2D eigenvalue weighted by Crippen LogP contribution is -2.42.